The number of aryl methyl sites for hydroxylation is 1. The van der Waals surface area contributed by atoms with Crippen molar-refractivity contribution in [3.05, 3.63) is 24.2 Å². The molecule has 0 aromatic carbocycles. The Morgan fingerprint density at radius 2 is 2.29 bits per heavy atom. The third kappa shape index (κ3) is 6.19. The van der Waals surface area contributed by atoms with Crippen LogP contribution in [-0.2, 0) is 6.42 Å². The second kappa shape index (κ2) is 8.90. The fourth-order valence-corrected chi connectivity index (χ4v) is 1.84. The Kier molecular flexibility index (Phi) is 7.25. The van der Waals surface area contributed by atoms with Crippen molar-refractivity contribution in [3.63, 3.8) is 0 Å². The normalized spacial score (nSPS) is 11.9. The van der Waals surface area contributed by atoms with Gasteiger partial charge in [0, 0.05) is 18.9 Å². The van der Waals surface area contributed by atoms with Gasteiger partial charge in [0.2, 0.25) is 0 Å². The molecule has 1 N–H and O–H groups in total. The molecule has 2 nitrogen and oxygen atoms in total. The highest BCUT2D eigenvalue weighted by molar-refractivity contribution is 4.99. The van der Waals surface area contributed by atoms with Gasteiger partial charge in [0.15, 0.2) is 0 Å². The lowest BCUT2D eigenvalue weighted by atomic mass is 10.0. The van der Waals surface area contributed by atoms with E-state index in [1.165, 1.54) is 6.42 Å². The first-order valence-electron chi connectivity index (χ1n) is 6.52. The highest BCUT2D eigenvalue weighted by Crippen LogP contribution is 2.09. The summed E-state index contributed by atoms with van der Waals surface area (Å²) in [6.07, 6.45) is 7.16. The van der Waals surface area contributed by atoms with Gasteiger partial charge < -0.3 is 9.73 Å². The van der Waals surface area contributed by atoms with Gasteiger partial charge >= 0.3 is 0 Å². The second-order valence-corrected chi connectivity index (χ2v) is 4.23. The van der Waals surface area contributed by atoms with Crippen molar-refractivity contribution >= 4 is 0 Å². The largest absolute Gasteiger partial charge is 0.469 e. The highest BCUT2D eigenvalue weighted by atomic mass is 16.3. The molecule has 1 unspecified atom stereocenters. The molecule has 0 aliphatic rings. The Hall–Kier alpha value is -1.20. The van der Waals surface area contributed by atoms with Crippen LogP contribution in [0.25, 0.3) is 0 Å². The van der Waals surface area contributed by atoms with Gasteiger partial charge in [0.1, 0.15) is 5.76 Å². The van der Waals surface area contributed by atoms with E-state index in [1.807, 2.05) is 19.1 Å². The zero-order valence-electron chi connectivity index (χ0n) is 11.0. The zero-order valence-corrected chi connectivity index (χ0v) is 11.0. The number of furan rings is 1. The van der Waals surface area contributed by atoms with Gasteiger partial charge in [-0.25, -0.2) is 0 Å². The summed E-state index contributed by atoms with van der Waals surface area (Å²) >= 11 is 0. The smallest absolute Gasteiger partial charge is 0.103 e. The third-order valence-corrected chi connectivity index (χ3v) is 2.80. The average Bonchev–Trinajstić information content (AvgIpc) is 2.85. The number of hydrogen-bond donors (Lipinski definition) is 1. The van der Waals surface area contributed by atoms with Crippen LogP contribution in [0.1, 0.15) is 45.3 Å². The Bertz CT molecular complexity index is 332. The van der Waals surface area contributed by atoms with Crippen LogP contribution in [0.15, 0.2) is 22.8 Å². The molecule has 1 atom stereocenters. The fourth-order valence-electron chi connectivity index (χ4n) is 1.84. The summed E-state index contributed by atoms with van der Waals surface area (Å²) in [6.45, 7) is 5.18. The predicted octanol–water partition coefficient (Wildman–Crippen LogP) is 3.38. The maximum absolute atomic E-state index is 5.36. The first-order chi connectivity index (χ1) is 8.36. The van der Waals surface area contributed by atoms with E-state index in [-0.39, 0.29) is 0 Å². The maximum atomic E-state index is 5.36. The molecular weight excluding hydrogens is 210 g/mol. The first kappa shape index (κ1) is 13.9. The van der Waals surface area contributed by atoms with Crippen LogP contribution in [-0.4, -0.2) is 12.6 Å². The van der Waals surface area contributed by atoms with E-state index in [4.69, 9.17) is 4.42 Å². The van der Waals surface area contributed by atoms with Gasteiger partial charge in [-0.1, -0.05) is 6.92 Å². The molecule has 0 radical (unpaired) electrons. The molecule has 0 aliphatic heterocycles. The second-order valence-electron chi connectivity index (χ2n) is 4.23. The molecule has 0 saturated heterocycles. The predicted molar refractivity (Wildman–Crippen MR) is 71.8 cm³/mol. The summed E-state index contributed by atoms with van der Waals surface area (Å²) < 4.78 is 5.36. The van der Waals surface area contributed by atoms with Gasteiger partial charge in [-0.3, -0.25) is 0 Å². The van der Waals surface area contributed by atoms with E-state index < -0.39 is 0 Å². The summed E-state index contributed by atoms with van der Waals surface area (Å²) in [6, 6.07) is 4.55. The SMILES string of the molecule is CC#CCCC(CCc1ccco1)NCCC. The van der Waals surface area contributed by atoms with Crippen molar-refractivity contribution in [2.75, 3.05) is 6.54 Å². The molecule has 0 bridgehead atoms. The van der Waals surface area contributed by atoms with Gasteiger partial charge in [-0.15, -0.1) is 11.8 Å². The molecule has 0 fully saturated rings. The summed E-state index contributed by atoms with van der Waals surface area (Å²) in [5.41, 5.74) is 0. The standard InChI is InChI=1S/C15H23NO/c1-3-5-6-8-14(16-12-4-2)10-11-15-9-7-13-17-15/h7,9,13-14,16H,4,6,8,10-12H2,1-2H3. The van der Waals surface area contributed by atoms with Crippen molar-refractivity contribution in [1.82, 2.24) is 5.32 Å². The lowest BCUT2D eigenvalue weighted by molar-refractivity contribution is 0.429. The summed E-state index contributed by atoms with van der Waals surface area (Å²) in [7, 11) is 0. The van der Waals surface area contributed by atoms with Gasteiger partial charge in [0.05, 0.1) is 6.26 Å². The first-order valence-corrected chi connectivity index (χ1v) is 6.52. The summed E-state index contributed by atoms with van der Waals surface area (Å²) in [5.74, 6) is 7.17. The van der Waals surface area contributed by atoms with E-state index >= 15 is 0 Å². The van der Waals surface area contributed by atoms with Crippen molar-refractivity contribution < 1.29 is 4.42 Å². The number of rotatable bonds is 8. The topological polar surface area (TPSA) is 25.2 Å². The molecule has 17 heavy (non-hydrogen) atoms. The molecule has 0 aliphatic carbocycles. The van der Waals surface area contributed by atoms with Crippen molar-refractivity contribution in [1.29, 1.82) is 0 Å². The summed E-state index contributed by atoms with van der Waals surface area (Å²) in [5, 5.41) is 3.58. The Labute approximate surface area is 105 Å². The molecule has 1 heterocycles. The van der Waals surface area contributed by atoms with Crippen LogP contribution < -0.4 is 5.32 Å². The molecule has 0 amide bonds. The van der Waals surface area contributed by atoms with Gasteiger partial charge in [-0.2, -0.15) is 0 Å². The lowest BCUT2D eigenvalue weighted by Gasteiger charge is -2.16. The number of hydrogen-bond acceptors (Lipinski definition) is 2. The highest BCUT2D eigenvalue weighted by Gasteiger charge is 2.08. The van der Waals surface area contributed by atoms with E-state index in [2.05, 4.69) is 24.1 Å². The minimum atomic E-state index is 0.556. The van der Waals surface area contributed by atoms with Crippen LogP contribution in [0.2, 0.25) is 0 Å². The van der Waals surface area contributed by atoms with Crippen LogP contribution in [0.5, 0.6) is 0 Å². The Balaban J connectivity index is 2.30. The molecule has 1 aromatic heterocycles. The van der Waals surface area contributed by atoms with Crippen LogP contribution in [0.3, 0.4) is 0 Å². The molecule has 94 valence electrons. The third-order valence-electron chi connectivity index (χ3n) is 2.80. The minimum absolute atomic E-state index is 0.556. The number of nitrogens with one attached hydrogen (secondary N) is 1. The quantitative estimate of drug-likeness (QED) is 0.696. The van der Waals surface area contributed by atoms with Crippen molar-refractivity contribution in [3.8, 4) is 11.8 Å². The van der Waals surface area contributed by atoms with Crippen molar-refractivity contribution in [2.45, 2.75) is 52.0 Å². The van der Waals surface area contributed by atoms with E-state index in [1.54, 1.807) is 6.26 Å². The minimum Gasteiger partial charge on any atom is -0.469 e. The summed E-state index contributed by atoms with van der Waals surface area (Å²) in [4.78, 5) is 0. The Morgan fingerprint density at radius 3 is 2.94 bits per heavy atom. The van der Waals surface area contributed by atoms with Crippen LogP contribution in [0.4, 0.5) is 0 Å². The molecular formula is C15H23NO. The zero-order chi connectivity index (χ0) is 12.3. The van der Waals surface area contributed by atoms with Crippen LogP contribution >= 0.6 is 0 Å². The lowest BCUT2D eigenvalue weighted by Crippen LogP contribution is -2.30. The van der Waals surface area contributed by atoms with Gasteiger partial charge in [-0.05, 0) is 44.9 Å². The van der Waals surface area contributed by atoms with Crippen LogP contribution in [0, 0.1) is 11.8 Å². The fraction of sp³-hybridized carbons (Fsp3) is 0.600. The maximum Gasteiger partial charge on any atom is 0.103 e. The van der Waals surface area contributed by atoms with Gasteiger partial charge in [0.25, 0.3) is 0 Å². The van der Waals surface area contributed by atoms with E-state index in [0.29, 0.717) is 6.04 Å². The van der Waals surface area contributed by atoms with Crippen molar-refractivity contribution in [2.24, 2.45) is 0 Å². The monoisotopic (exact) mass is 233 g/mol. The molecule has 1 rings (SSSR count). The molecule has 0 saturated carbocycles. The average molecular weight is 233 g/mol. The van der Waals surface area contributed by atoms with E-state index in [9.17, 15) is 0 Å². The molecule has 0 spiro atoms. The molecule has 1 aromatic rings. The molecule has 2 heteroatoms. The van der Waals surface area contributed by atoms with E-state index in [0.717, 1.165) is 38.0 Å². The Morgan fingerprint density at radius 1 is 1.41 bits per heavy atom.